The lowest BCUT2D eigenvalue weighted by atomic mass is 9.77. The Morgan fingerprint density at radius 3 is 2.76 bits per heavy atom. The van der Waals surface area contributed by atoms with E-state index >= 15 is 0 Å². The highest BCUT2D eigenvalue weighted by Gasteiger charge is 2.41. The van der Waals surface area contributed by atoms with Crippen molar-refractivity contribution in [2.75, 3.05) is 6.54 Å². The summed E-state index contributed by atoms with van der Waals surface area (Å²) in [5, 5.41) is 1.80. The summed E-state index contributed by atoms with van der Waals surface area (Å²) in [6.45, 7) is 4.89. The van der Waals surface area contributed by atoms with E-state index in [1.807, 2.05) is 4.90 Å². The highest BCUT2D eigenvalue weighted by atomic mass is 32.1. The molecule has 1 aromatic rings. The number of hydrazine groups is 1. The zero-order valence-corrected chi connectivity index (χ0v) is 15.5. The normalized spacial score (nSPS) is 29.5. The fourth-order valence-electron chi connectivity index (χ4n) is 3.91. The Labute approximate surface area is 151 Å². The molecule has 1 aliphatic heterocycles. The lowest BCUT2D eigenvalue weighted by Gasteiger charge is -2.40. The summed E-state index contributed by atoms with van der Waals surface area (Å²) in [6.07, 6.45) is 3.57. The Morgan fingerprint density at radius 1 is 1.24 bits per heavy atom. The lowest BCUT2D eigenvalue weighted by Crippen LogP contribution is -2.47. The first-order valence-electron chi connectivity index (χ1n) is 8.90. The molecule has 0 unspecified atom stereocenters. The SMILES string of the molecule is C[C@H]1[C@H](C)CCC[C@@H]1N1C[C@@H](C(=O)NNC(=O)c2cccs2)CC1=O. The predicted octanol–water partition coefficient (Wildman–Crippen LogP) is 2.18. The third kappa shape index (κ3) is 3.86. The van der Waals surface area contributed by atoms with Gasteiger partial charge in [-0.3, -0.25) is 25.2 Å². The minimum atomic E-state index is -0.402. The number of nitrogens with one attached hydrogen (secondary N) is 2. The van der Waals surface area contributed by atoms with Crippen LogP contribution in [0.4, 0.5) is 0 Å². The number of thiophene rings is 1. The summed E-state index contributed by atoms with van der Waals surface area (Å²) in [5.41, 5.74) is 4.89. The molecule has 0 spiro atoms. The van der Waals surface area contributed by atoms with Crippen LogP contribution in [0.2, 0.25) is 0 Å². The fraction of sp³-hybridized carbons (Fsp3) is 0.611. The van der Waals surface area contributed by atoms with Gasteiger partial charge in [0.05, 0.1) is 10.8 Å². The van der Waals surface area contributed by atoms with Crippen LogP contribution in [0.15, 0.2) is 17.5 Å². The summed E-state index contributed by atoms with van der Waals surface area (Å²) in [4.78, 5) is 39.1. The van der Waals surface area contributed by atoms with Gasteiger partial charge in [0.15, 0.2) is 0 Å². The van der Waals surface area contributed by atoms with Crippen molar-refractivity contribution in [2.24, 2.45) is 17.8 Å². The third-order valence-electron chi connectivity index (χ3n) is 5.64. The molecule has 7 heteroatoms. The summed E-state index contributed by atoms with van der Waals surface area (Å²) in [5.74, 6) is 0.0790. The number of rotatable bonds is 3. The number of amides is 3. The van der Waals surface area contributed by atoms with Gasteiger partial charge >= 0.3 is 0 Å². The standard InChI is InChI=1S/C18H25N3O3S/c1-11-5-3-6-14(12(11)2)21-10-13(9-16(21)22)17(23)19-20-18(24)15-7-4-8-25-15/h4,7-8,11-14H,3,5-6,9-10H2,1-2H3,(H,19,23)(H,20,24)/t11-,12+,13+,14+/m1/s1. The van der Waals surface area contributed by atoms with Gasteiger partial charge < -0.3 is 4.90 Å². The second-order valence-corrected chi connectivity index (χ2v) is 8.15. The van der Waals surface area contributed by atoms with Crippen molar-refractivity contribution < 1.29 is 14.4 Å². The van der Waals surface area contributed by atoms with Gasteiger partial charge in [0, 0.05) is 19.0 Å². The summed E-state index contributed by atoms with van der Waals surface area (Å²) in [7, 11) is 0. The van der Waals surface area contributed by atoms with Gasteiger partial charge in [-0.15, -0.1) is 11.3 Å². The Balaban J connectivity index is 1.54. The first kappa shape index (κ1) is 17.9. The molecule has 136 valence electrons. The first-order chi connectivity index (χ1) is 12.0. The third-order valence-corrected chi connectivity index (χ3v) is 6.51. The number of carbonyl (C=O) groups excluding carboxylic acids is 3. The zero-order valence-electron chi connectivity index (χ0n) is 14.7. The molecule has 2 aliphatic rings. The number of carbonyl (C=O) groups is 3. The molecule has 2 N–H and O–H groups in total. The van der Waals surface area contributed by atoms with Crippen LogP contribution < -0.4 is 10.9 Å². The quantitative estimate of drug-likeness (QED) is 0.808. The summed E-state index contributed by atoms with van der Waals surface area (Å²) >= 11 is 1.31. The maximum Gasteiger partial charge on any atom is 0.279 e. The van der Waals surface area contributed by atoms with Crippen molar-refractivity contribution in [1.82, 2.24) is 15.8 Å². The first-order valence-corrected chi connectivity index (χ1v) is 9.78. The average molecular weight is 363 g/mol. The number of likely N-dealkylation sites (tertiary alicyclic amines) is 1. The van der Waals surface area contributed by atoms with Gasteiger partial charge in [-0.05, 0) is 29.7 Å². The topological polar surface area (TPSA) is 78.5 Å². The molecule has 1 aliphatic carbocycles. The van der Waals surface area contributed by atoms with Crippen LogP contribution in [0.1, 0.15) is 49.2 Å². The van der Waals surface area contributed by atoms with Gasteiger partial charge in [0.25, 0.3) is 5.91 Å². The van der Waals surface area contributed by atoms with Crippen molar-refractivity contribution in [3.05, 3.63) is 22.4 Å². The predicted molar refractivity (Wildman–Crippen MR) is 95.7 cm³/mol. The maximum absolute atomic E-state index is 12.4. The minimum Gasteiger partial charge on any atom is -0.339 e. The van der Waals surface area contributed by atoms with E-state index in [1.165, 1.54) is 17.8 Å². The molecule has 2 heterocycles. The second-order valence-electron chi connectivity index (χ2n) is 7.20. The van der Waals surface area contributed by atoms with E-state index in [9.17, 15) is 14.4 Å². The molecule has 2 fully saturated rings. The monoisotopic (exact) mass is 363 g/mol. The molecule has 3 amide bonds. The van der Waals surface area contributed by atoms with E-state index in [-0.39, 0.29) is 30.2 Å². The molecule has 1 aromatic heterocycles. The molecule has 1 saturated heterocycles. The minimum absolute atomic E-state index is 0.0516. The van der Waals surface area contributed by atoms with Gasteiger partial charge in [0.1, 0.15) is 0 Å². The van der Waals surface area contributed by atoms with E-state index in [2.05, 4.69) is 24.7 Å². The molecule has 6 nitrogen and oxygen atoms in total. The molecule has 3 rings (SSSR count). The number of hydrogen-bond donors (Lipinski definition) is 2. The van der Waals surface area contributed by atoms with Crippen LogP contribution in [0.3, 0.4) is 0 Å². The van der Waals surface area contributed by atoms with Crippen molar-refractivity contribution in [3.63, 3.8) is 0 Å². The Hall–Kier alpha value is -1.89. The molecular weight excluding hydrogens is 338 g/mol. The molecule has 4 atom stereocenters. The number of nitrogens with zero attached hydrogens (tertiary/aromatic N) is 1. The Morgan fingerprint density at radius 2 is 2.04 bits per heavy atom. The van der Waals surface area contributed by atoms with Crippen LogP contribution in [-0.4, -0.2) is 35.2 Å². The lowest BCUT2D eigenvalue weighted by molar-refractivity contribution is -0.132. The van der Waals surface area contributed by atoms with Gasteiger partial charge in [-0.25, -0.2) is 0 Å². The van der Waals surface area contributed by atoms with Crippen molar-refractivity contribution in [3.8, 4) is 0 Å². The van der Waals surface area contributed by atoms with Gasteiger partial charge in [-0.1, -0.05) is 32.8 Å². The van der Waals surface area contributed by atoms with Crippen LogP contribution in [0, 0.1) is 17.8 Å². The molecule has 0 radical (unpaired) electrons. The molecule has 25 heavy (non-hydrogen) atoms. The highest BCUT2D eigenvalue weighted by molar-refractivity contribution is 7.12. The Kier molecular flexibility index (Phi) is 5.42. The summed E-state index contributed by atoms with van der Waals surface area (Å²) in [6, 6.07) is 3.70. The second kappa shape index (κ2) is 7.56. The Bertz CT molecular complexity index is 646. The maximum atomic E-state index is 12.4. The highest BCUT2D eigenvalue weighted by Crippen LogP contribution is 2.35. The average Bonchev–Trinajstić information content (AvgIpc) is 3.25. The largest absolute Gasteiger partial charge is 0.339 e. The van der Waals surface area contributed by atoms with E-state index < -0.39 is 5.92 Å². The molecule has 0 bridgehead atoms. The van der Waals surface area contributed by atoms with Gasteiger partial charge in [0.2, 0.25) is 11.8 Å². The van der Waals surface area contributed by atoms with E-state index in [4.69, 9.17) is 0 Å². The molecule has 1 saturated carbocycles. The van der Waals surface area contributed by atoms with E-state index in [1.54, 1.807) is 17.5 Å². The van der Waals surface area contributed by atoms with Crippen molar-refractivity contribution in [2.45, 2.75) is 45.6 Å². The van der Waals surface area contributed by atoms with E-state index in [0.717, 1.165) is 12.8 Å². The smallest absolute Gasteiger partial charge is 0.279 e. The van der Waals surface area contributed by atoms with E-state index in [0.29, 0.717) is 23.3 Å². The van der Waals surface area contributed by atoms with Crippen LogP contribution in [0.25, 0.3) is 0 Å². The van der Waals surface area contributed by atoms with Gasteiger partial charge in [-0.2, -0.15) is 0 Å². The van der Waals surface area contributed by atoms with Crippen molar-refractivity contribution in [1.29, 1.82) is 0 Å². The van der Waals surface area contributed by atoms with Crippen LogP contribution in [-0.2, 0) is 9.59 Å². The summed E-state index contributed by atoms with van der Waals surface area (Å²) < 4.78 is 0. The zero-order chi connectivity index (χ0) is 18.0. The molecular formula is C18H25N3O3S. The van der Waals surface area contributed by atoms with Crippen molar-refractivity contribution >= 4 is 29.1 Å². The van der Waals surface area contributed by atoms with Crippen LogP contribution >= 0.6 is 11.3 Å². The fourth-order valence-corrected chi connectivity index (χ4v) is 4.53. The van der Waals surface area contributed by atoms with Crippen LogP contribution in [0.5, 0.6) is 0 Å². The molecule has 0 aromatic carbocycles. The number of hydrogen-bond acceptors (Lipinski definition) is 4.